The molecule has 134 valence electrons. The van der Waals surface area contributed by atoms with Crippen molar-refractivity contribution in [2.45, 2.75) is 18.9 Å². The third-order valence-corrected chi connectivity index (χ3v) is 3.99. The van der Waals surface area contributed by atoms with Crippen LogP contribution in [0.3, 0.4) is 0 Å². The van der Waals surface area contributed by atoms with E-state index in [1.54, 1.807) is 20.3 Å². The molecule has 1 rings (SSSR count). The molecule has 2 N–H and O–H groups in total. The van der Waals surface area contributed by atoms with E-state index in [2.05, 4.69) is 10.6 Å². The van der Waals surface area contributed by atoms with E-state index < -0.39 is 18.0 Å². The van der Waals surface area contributed by atoms with Gasteiger partial charge in [-0.2, -0.15) is 11.8 Å². The van der Waals surface area contributed by atoms with Crippen molar-refractivity contribution in [1.29, 1.82) is 0 Å². The highest BCUT2D eigenvalue weighted by Crippen LogP contribution is 2.27. The molecule has 0 bridgehead atoms. The Hall–Kier alpha value is -2.09. The number of aliphatic carboxylic acids is 1. The number of methoxy groups -OCH3 is 2. The number of ether oxygens (including phenoxy) is 2. The van der Waals surface area contributed by atoms with Crippen LogP contribution in [0.15, 0.2) is 18.2 Å². The third kappa shape index (κ3) is 6.57. The van der Waals surface area contributed by atoms with E-state index in [-0.39, 0.29) is 0 Å². The van der Waals surface area contributed by atoms with Crippen LogP contribution < -0.4 is 25.2 Å². The molecule has 7 nitrogen and oxygen atoms in total. The van der Waals surface area contributed by atoms with E-state index in [0.29, 0.717) is 36.6 Å². The number of benzene rings is 1. The summed E-state index contributed by atoms with van der Waals surface area (Å²) >= 11 is 1.51. The van der Waals surface area contributed by atoms with Crippen LogP contribution in [0.1, 0.15) is 12.0 Å². The highest BCUT2D eigenvalue weighted by Gasteiger charge is 2.12. The van der Waals surface area contributed by atoms with Gasteiger partial charge in [-0.1, -0.05) is 6.07 Å². The fourth-order valence-corrected chi connectivity index (χ4v) is 2.52. The number of rotatable bonds is 10. The van der Waals surface area contributed by atoms with E-state index in [4.69, 9.17) is 9.47 Å². The number of carboxylic acid groups (broad SMARTS) is 1. The lowest BCUT2D eigenvalue weighted by molar-refractivity contribution is -0.308. The Bertz CT molecular complexity index is 553. The fourth-order valence-electron chi connectivity index (χ4n) is 2.05. The summed E-state index contributed by atoms with van der Waals surface area (Å²) in [6.07, 6.45) is 2.77. The number of amides is 2. The van der Waals surface area contributed by atoms with Crippen LogP contribution in [-0.2, 0) is 11.2 Å². The SMILES string of the molecule is COc1ccc(CCNC(=O)N[C@@H](CCSC)C(=O)[O-])cc1OC. The van der Waals surface area contributed by atoms with E-state index in [1.807, 2.05) is 18.4 Å². The molecule has 2 amide bonds. The Morgan fingerprint density at radius 3 is 2.54 bits per heavy atom. The molecule has 0 aliphatic rings. The van der Waals surface area contributed by atoms with Crippen LogP contribution in [0.5, 0.6) is 11.5 Å². The van der Waals surface area contributed by atoms with Crippen LogP contribution >= 0.6 is 11.8 Å². The van der Waals surface area contributed by atoms with Crippen LogP contribution in [0, 0.1) is 0 Å². The van der Waals surface area contributed by atoms with Gasteiger partial charge in [0.15, 0.2) is 11.5 Å². The first-order chi connectivity index (χ1) is 11.5. The number of urea groups is 1. The van der Waals surface area contributed by atoms with Gasteiger partial charge in [-0.25, -0.2) is 4.79 Å². The second kappa shape index (κ2) is 10.6. The minimum atomic E-state index is -1.28. The molecule has 0 heterocycles. The molecule has 0 saturated carbocycles. The number of carboxylic acids is 1. The van der Waals surface area contributed by atoms with Gasteiger partial charge in [0.05, 0.1) is 26.2 Å². The van der Waals surface area contributed by atoms with Crippen LogP contribution in [0.2, 0.25) is 0 Å². The van der Waals surface area contributed by atoms with Gasteiger partial charge in [-0.15, -0.1) is 0 Å². The molecule has 1 aromatic carbocycles. The van der Waals surface area contributed by atoms with Gasteiger partial charge in [0.25, 0.3) is 0 Å². The summed E-state index contributed by atoms with van der Waals surface area (Å²) in [5.74, 6) is 0.607. The topological polar surface area (TPSA) is 99.7 Å². The lowest BCUT2D eigenvalue weighted by atomic mass is 10.1. The van der Waals surface area contributed by atoms with Crippen molar-refractivity contribution in [1.82, 2.24) is 10.6 Å². The minimum Gasteiger partial charge on any atom is -0.548 e. The van der Waals surface area contributed by atoms with Crippen molar-refractivity contribution < 1.29 is 24.2 Å². The second-order valence-corrected chi connectivity index (χ2v) is 5.98. The Morgan fingerprint density at radius 1 is 1.25 bits per heavy atom. The summed E-state index contributed by atoms with van der Waals surface area (Å²) in [4.78, 5) is 22.7. The number of carbonyl (C=O) groups excluding carboxylic acids is 2. The van der Waals surface area contributed by atoms with Crippen LogP contribution in [0.25, 0.3) is 0 Å². The van der Waals surface area contributed by atoms with Crippen molar-refractivity contribution in [3.63, 3.8) is 0 Å². The number of hydrogen-bond donors (Lipinski definition) is 2. The maximum absolute atomic E-state index is 11.8. The molecule has 1 atom stereocenters. The van der Waals surface area contributed by atoms with E-state index in [9.17, 15) is 14.7 Å². The summed E-state index contributed by atoms with van der Waals surface area (Å²) in [6, 6.07) is 4.00. The maximum atomic E-state index is 11.8. The maximum Gasteiger partial charge on any atom is 0.315 e. The molecule has 0 fully saturated rings. The first-order valence-corrected chi connectivity index (χ1v) is 8.86. The van der Waals surface area contributed by atoms with Gasteiger partial charge in [-0.3, -0.25) is 0 Å². The second-order valence-electron chi connectivity index (χ2n) is 4.99. The highest BCUT2D eigenvalue weighted by molar-refractivity contribution is 7.98. The zero-order valence-corrected chi connectivity index (χ0v) is 14.9. The smallest absolute Gasteiger partial charge is 0.315 e. The van der Waals surface area contributed by atoms with Gasteiger partial charge >= 0.3 is 6.03 Å². The predicted molar refractivity (Wildman–Crippen MR) is 91.6 cm³/mol. The Labute approximate surface area is 146 Å². The molecule has 8 heteroatoms. The number of thioether (sulfide) groups is 1. The molecule has 0 radical (unpaired) electrons. The summed E-state index contributed by atoms with van der Waals surface area (Å²) in [5, 5.41) is 16.0. The Kier molecular flexibility index (Phi) is 8.85. The van der Waals surface area contributed by atoms with Gasteiger partial charge in [-0.05, 0) is 42.5 Å². The first-order valence-electron chi connectivity index (χ1n) is 7.46. The van der Waals surface area contributed by atoms with E-state index >= 15 is 0 Å². The molecule has 0 unspecified atom stereocenters. The minimum absolute atomic E-state index is 0.326. The largest absolute Gasteiger partial charge is 0.548 e. The van der Waals surface area contributed by atoms with Gasteiger partial charge in [0.2, 0.25) is 0 Å². The zero-order chi connectivity index (χ0) is 17.9. The number of hydrogen-bond acceptors (Lipinski definition) is 6. The third-order valence-electron chi connectivity index (χ3n) is 3.35. The quantitative estimate of drug-likeness (QED) is 0.631. The molecule has 0 saturated heterocycles. The number of carbonyl (C=O) groups is 2. The Morgan fingerprint density at radius 2 is 1.96 bits per heavy atom. The molecule has 0 spiro atoms. The van der Waals surface area contributed by atoms with Crippen molar-refractivity contribution in [2.24, 2.45) is 0 Å². The normalized spacial score (nSPS) is 11.5. The fraction of sp³-hybridized carbons (Fsp3) is 0.500. The van der Waals surface area contributed by atoms with Gasteiger partial charge in [0.1, 0.15) is 0 Å². The van der Waals surface area contributed by atoms with Gasteiger partial charge in [0, 0.05) is 6.54 Å². The van der Waals surface area contributed by atoms with Crippen molar-refractivity contribution in [2.75, 3.05) is 32.8 Å². The number of nitrogens with one attached hydrogen (secondary N) is 2. The summed E-state index contributed by atoms with van der Waals surface area (Å²) < 4.78 is 10.4. The van der Waals surface area contributed by atoms with Crippen molar-refractivity contribution in [3.8, 4) is 11.5 Å². The monoisotopic (exact) mass is 355 g/mol. The van der Waals surface area contributed by atoms with Crippen LogP contribution in [0.4, 0.5) is 4.79 Å². The molecular weight excluding hydrogens is 332 g/mol. The predicted octanol–water partition coefficient (Wildman–Crippen LogP) is 0.417. The van der Waals surface area contributed by atoms with Crippen LogP contribution in [-0.4, -0.2) is 50.8 Å². The van der Waals surface area contributed by atoms with E-state index in [1.165, 1.54) is 11.8 Å². The molecule has 0 aliphatic carbocycles. The van der Waals surface area contributed by atoms with Crippen molar-refractivity contribution in [3.05, 3.63) is 23.8 Å². The van der Waals surface area contributed by atoms with E-state index in [0.717, 1.165) is 5.56 Å². The summed E-state index contributed by atoms with van der Waals surface area (Å²) in [6.45, 7) is 0.365. The average Bonchev–Trinajstić information content (AvgIpc) is 2.58. The van der Waals surface area contributed by atoms with Crippen molar-refractivity contribution >= 4 is 23.8 Å². The molecular formula is C16H23N2O5S-. The summed E-state index contributed by atoms with van der Waals surface area (Å²) in [5.41, 5.74) is 0.965. The molecule has 24 heavy (non-hydrogen) atoms. The average molecular weight is 355 g/mol. The summed E-state index contributed by atoms with van der Waals surface area (Å²) in [7, 11) is 3.12. The zero-order valence-electron chi connectivity index (χ0n) is 14.1. The molecule has 1 aromatic rings. The first kappa shape index (κ1) is 20.0. The van der Waals surface area contributed by atoms with Gasteiger partial charge < -0.3 is 30.0 Å². The lowest BCUT2D eigenvalue weighted by Crippen LogP contribution is -2.51. The lowest BCUT2D eigenvalue weighted by Gasteiger charge is -2.19. The Balaban J connectivity index is 2.46. The highest BCUT2D eigenvalue weighted by atomic mass is 32.2. The molecule has 0 aliphatic heterocycles. The standard InChI is InChI=1S/C16H24N2O5S/c1-22-13-5-4-11(10-14(13)23-2)6-8-17-16(21)18-12(15(19)20)7-9-24-3/h4-5,10,12H,6-9H2,1-3H3,(H,19,20)(H2,17,18,21)/p-1/t12-/m0/s1. The molecule has 0 aromatic heterocycles.